The van der Waals surface area contributed by atoms with Crippen LogP contribution in [0.2, 0.25) is 0 Å². The number of benzene rings is 1. The number of rotatable bonds is 5. The first kappa shape index (κ1) is 15.4. The molecule has 1 heteroatoms. The minimum atomic E-state index is 0.372. The predicted octanol–water partition coefficient (Wildman–Crippen LogP) is 5.68. The van der Waals surface area contributed by atoms with Gasteiger partial charge in [-0.1, -0.05) is 79.5 Å². The van der Waals surface area contributed by atoms with Gasteiger partial charge in [0.05, 0.1) is 6.04 Å². The molecule has 1 heterocycles. The highest BCUT2D eigenvalue weighted by molar-refractivity contribution is 5.70. The van der Waals surface area contributed by atoms with E-state index in [2.05, 4.69) is 91.3 Å². The smallest absolute Gasteiger partial charge is 0.0629 e. The molecule has 0 aromatic heterocycles. The predicted molar refractivity (Wildman–Crippen MR) is 101 cm³/mol. The average molecular weight is 301 g/mol. The molecule has 1 aromatic carbocycles. The van der Waals surface area contributed by atoms with Gasteiger partial charge in [-0.2, -0.15) is 0 Å². The Hall–Kier alpha value is -2.54. The summed E-state index contributed by atoms with van der Waals surface area (Å²) in [7, 11) is 0. The minimum Gasteiger partial charge on any atom is -0.334 e. The van der Waals surface area contributed by atoms with Crippen LogP contribution in [-0.4, -0.2) is 6.04 Å². The summed E-state index contributed by atoms with van der Waals surface area (Å²) in [6.45, 7) is 5.81. The zero-order chi connectivity index (χ0) is 16.1. The van der Waals surface area contributed by atoms with Gasteiger partial charge in [-0.3, -0.25) is 0 Å². The molecule has 0 saturated carbocycles. The van der Waals surface area contributed by atoms with Gasteiger partial charge in [-0.05, 0) is 31.1 Å². The number of nitrogens with zero attached hydrogens (tertiary/aromatic N) is 1. The van der Waals surface area contributed by atoms with Gasteiger partial charge in [0, 0.05) is 17.3 Å². The van der Waals surface area contributed by atoms with E-state index in [0.717, 1.165) is 6.42 Å². The average Bonchev–Trinajstić information content (AvgIpc) is 2.93. The first-order chi connectivity index (χ1) is 11.4. The lowest BCUT2D eigenvalue weighted by Crippen LogP contribution is -2.31. The fourth-order valence-electron chi connectivity index (χ4n) is 3.35. The molecule has 0 N–H and O–H groups in total. The van der Waals surface area contributed by atoms with Crippen molar-refractivity contribution in [3.05, 3.63) is 103 Å². The van der Waals surface area contributed by atoms with Crippen molar-refractivity contribution in [2.75, 3.05) is 4.90 Å². The number of fused-ring (bicyclic) bond motifs is 3. The van der Waals surface area contributed by atoms with Crippen LogP contribution in [-0.2, 0) is 0 Å². The highest BCUT2D eigenvalue weighted by atomic mass is 15.2. The molecule has 1 aliphatic heterocycles. The van der Waals surface area contributed by atoms with Crippen LogP contribution in [0.1, 0.15) is 24.8 Å². The summed E-state index contributed by atoms with van der Waals surface area (Å²) in [6, 6.07) is 9.11. The molecule has 1 nitrogen and oxygen atoms in total. The number of para-hydroxylation sites is 1. The van der Waals surface area contributed by atoms with Crippen molar-refractivity contribution < 1.29 is 0 Å². The van der Waals surface area contributed by atoms with Crippen LogP contribution < -0.4 is 4.90 Å². The molecule has 0 fully saturated rings. The molecule has 2 unspecified atom stereocenters. The molecular formula is C22H23N. The van der Waals surface area contributed by atoms with E-state index in [9.17, 15) is 0 Å². The first-order valence-corrected chi connectivity index (χ1v) is 8.20. The lowest BCUT2D eigenvalue weighted by molar-refractivity contribution is 0.729. The van der Waals surface area contributed by atoms with E-state index in [0.29, 0.717) is 12.0 Å². The fraction of sp³-hybridized carbons (Fsp3) is 0.182. The van der Waals surface area contributed by atoms with Crippen molar-refractivity contribution in [2.45, 2.75) is 25.3 Å². The van der Waals surface area contributed by atoms with E-state index in [1.165, 1.54) is 16.9 Å². The normalized spacial score (nSPS) is 22.8. The summed E-state index contributed by atoms with van der Waals surface area (Å²) >= 11 is 0. The molecule has 1 aromatic rings. The maximum absolute atomic E-state index is 3.70. The third kappa shape index (κ3) is 3.00. The fourth-order valence-corrected chi connectivity index (χ4v) is 3.35. The topological polar surface area (TPSA) is 3.24 Å². The monoisotopic (exact) mass is 301 g/mol. The number of anilines is 1. The molecule has 2 aliphatic rings. The molecule has 0 spiro atoms. The lowest BCUT2D eigenvalue weighted by atomic mass is 9.91. The molecule has 0 saturated heterocycles. The second-order valence-electron chi connectivity index (χ2n) is 5.73. The van der Waals surface area contributed by atoms with E-state index in [4.69, 9.17) is 0 Å². The van der Waals surface area contributed by atoms with E-state index < -0.39 is 0 Å². The Morgan fingerprint density at radius 2 is 2.00 bits per heavy atom. The van der Waals surface area contributed by atoms with Gasteiger partial charge in [0.15, 0.2) is 0 Å². The van der Waals surface area contributed by atoms with E-state index in [-0.39, 0.29) is 0 Å². The van der Waals surface area contributed by atoms with Gasteiger partial charge in [-0.25, -0.2) is 0 Å². The minimum absolute atomic E-state index is 0.372. The Balaban J connectivity index is 1.90. The van der Waals surface area contributed by atoms with Gasteiger partial charge in [0.1, 0.15) is 0 Å². The molecule has 116 valence electrons. The number of hydrogen-bond donors (Lipinski definition) is 0. The summed E-state index contributed by atoms with van der Waals surface area (Å²) < 4.78 is 0. The van der Waals surface area contributed by atoms with Crippen molar-refractivity contribution >= 4 is 5.69 Å². The molecule has 23 heavy (non-hydrogen) atoms. The van der Waals surface area contributed by atoms with Gasteiger partial charge < -0.3 is 4.90 Å². The van der Waals surface area contributed by atoms with Crippen molar-refractivity contribution in [3.8, 4) is 0 Å². The second-order valence-corrected chi connectivity index (χ2v) is 5.73. The second kappa shape index (κ2) is 7.15. The summed E-state index contributed by atoms with van der Waals surface area (Å²) in [6.07, 6.45) is 22.4. The quantitative estimate of drug-likeness (QED) is 0.633. The van der Waals surface area contributed by atoms with Crippen molar-refractivity contribution in [1.29, 1.82) is 0 Å². The Kier molecular flexibility index (Phi) is 4.77. The SMILES string of the molecule is C=CC=CCC=CC(=CC)N1c2ccccc2C2C=CC=CC21. The Bertz CT molecular complexity index is 715. The highest BCUT2D eigenvalue weighted by Gasteiger charge is 2.36. The zero-order valence-electron chi connectivity index (χ0n) is 13.6. The van der Waals surface area contributed by atoms with E-state index in [1.807, 2.05) is 12.2 Å². The summed E-state index contributed by atoms with van der Waals surface area (Å²) in [4.78, 5) is 2.45. The number of allylic oxidation sites excluding steroid dienone is 8. The number of hydrogen-bond acceptors (Lipinski definition) is 1. The standard InChI is InChI=1S/C22H23N/c1-3-5-6-7-8-13-18(4-2)23-21-16-11-9-14-19(21)20-15-10-12-17-22(20)23/h3-6,8-17,19,21H,1,7H2,2H3. The Labute approximate surface area is 139 Å². The molecule has 0 amide bonds. The molecule has 0 radical (unpaired) electrons. The van der Waals surface area contributed by atoms with Crippen LogP contribution in [0.4, 0.5) is 5.69 Å². The van der Waals surface area contributed by atoms with Crippen molar-refractivity contribution in [2.24, 2.45) is 0 Å². The van der Waals surface area contributed by atoms with Crippen LogP contribution in [0.15, 0.2) is 97.3 Å². The Morgan fingerprint density at radius 1 is 1.17 bits per heavy atom. The summed E-state index contributed by atoms with van der Waals surface area (Å²) in [5, 5.41) is 0. The molecule has 0 bridgehead atoms. The molecule has 2 atom stereocenters. The van der Waals surface area contributed by atoms with Crippen LogP contribution in [0.5, 0.6) is 0 Å². The summed E-state index contributed by atoms with van der Waals surface area (Å²) in [5.74, 6) is 0.445. The van der Waals surface area contributed by atoms with Gasteiger partial charge in [0.25, 0.3) is 0 Å². The van der Waals surface area contributed by atoms with Gasteiger partial charge in [-0.15, -0.1) is 0 Å². The van der Waals surface area contributed by atoms with E-state index in [1.54, 1.807) is 0 Å². The van der Waals surface area contributed by atoms with Crippen molar-refractivity contribution in [3.63, 3.8) is 0 Å². The Morgan fingerprint density at radius 3 is 2.83 bits per heavy atom. The molecule has 3 rings (SSSR count). The third-order valence-corrected chi connectivity index (χ3v) is 4.37. The zero-order valence-corrected chi connectivity index (χ0v) is 13.6. The van der Waals surface area contributed by atoms with Gasteiger partial charge >= 0.3 is 0 Å². The van der Waals surface area contributed by atoms with Gasteiger partial charge in [0.2, 0.25) is 0 Å². The highest BCUT2D eigenvalue weighted by Crippen LogP contribution is 2.45. The first-order valence-electron chi connectivity index (χ1n) is 8.20. The van der Waals surface area contributed by atoms with Crippen LogP contribution in [0, 0.1) is 0 Å². The van der Waals surface area contributed by atoms with Crippen LogP contribution in [0.25, 0.3) is 0 Å². The van der Waals surface area contributed by atoms with Crippen LogP contribution in [0.3, 0.4) is 0 Å². The lowest BCUT2D eigenvalue weighted by Gasteiger charge is -2.29. The van der Waals surface area contributed by atoms with Crippen molar-refractivity contribution in [1.82, 2.24) is 0 Å². The summed E-state index contributed by atoms with van der Waals surface area (Å²) in [5.41, 5.74) is 3.98. The van der Waals surface area contributed by atoms with E-state index >= 15 is 0 Å². The maximum Gasteiger partial charge on any atom is 0.0629 e. The largest absolute Gasteiger partial charge is 0.334 e. The van der Waals surface area contributed by atoms with Crippen LogP contribution >= 0.6 is 0 Å². The maximum atomic E-state index is 3.70. The molecule has 1 aliphatic carbocycles. The third-order valence-electron chi connectivity index (χ3n) is 4.37. The molecular weight excluding hydrogens is 278 g/mol.